The lowest BCUT2D eigenvalue weighted by molar-refractivity contribution is -0.120. The van der Waals surface area contributed by atoms with E-state index in [0.29, 0.717) is 23.1 Å². The Kier molecular flexibility index (Phi) is 9.60. The van der Waals surface area contributed by atoms with Crippen LogP contribution in [0, 0.1) is 5.92 Å². The minimum absolute atomic E-state index is 0.00603. The summed E-state index contributed by atoms with van der Waals surface area (Å²) < 4.78 is 28.5. The van der Waals surface area contributed by atoms with Crippen LogP contribution >= 0.6 is 34.8 Å². The quantitative estimate of drug-likeness (QED) is 0.256. The maximum Gasteiger partial charge on any atom is 0.252 e. The number of benzene rings is 3. The standard InChI is InChI=1S/C27H27Cl3N4O5S/c28-20-5-1-17(2-6-20)25(18-3-7-21(29)8-4-18)34-12-16(13-34)15-40(38,39)33-23-10-19(9-22(30)11-23)27(37)32-24(14-35)26(31)36/h1-11,16,24-25,33,35H,12-15H2,(H2,31,36)(H,32,37)/t24-/m0/s1. The number of aliphatic hydroxyl groups is 1. The summed E-state index contributed by atoms with van der Waals surface area (Å²) in [6, 6.07) is 17.7. The summed E-state index contributed by atoms with van der Waals surface area (Å²) in [7, 11) is -3.80. The zero-order chi connectivity index (χ0) is 29.0. The second-order valence-corrected chi connectivity index (χ2v) is 12.6. The van der Waals surface area contributed by atoms with E-state index in [9.17, 15) is 23.1 Å². The highest BCUT2D eigenvalue weighted by Crippen LogP contribution is 2.36. The Hall–Kier alpha value is -2.86. The monoisotopic (exact) mass is 624 g/mol. The number of carbonyl (C=O) groups is 2. The van der Waals surface area contributed by atoms with Crippen LogP contribution in [0.15, 0.2) is 66.7 Å². The van der Waals surface area contributed by atoms with Crippen LogP contribution in [0.2, 0.25) is 15.1 Å². The molecule has 3 aromatic rings. The molecule has 0 unspecified atom stereocenters. The molecule has 1 saturated heterocycles. The zero-order valence-electron chi connectivity index (χ0n) is 21.1. The molecule has 1 aliphatic heterocycles. The third-order valence-electron chi connectivity index (χ3n) is 6.44. The van der Waals surface area contributed by atoms with Gasteiger partial charge in [0.05, 0.1) is 24.1 Å². The van der Waals surface area contributed by atoms with Gasteiger partial charge in [-0.25, -0.2) is 8.42 Å². The van der Waals surface area contributed by atoms with Crippen molar-refractivity contribution in [1.82, 2.24) is 10.2 Å². The summed E-state index contributed by atoms with van der Waals surface area (Å²) in [6.07, 6.45) is 0. The first-order valence-corrected chi connectivity index (χ1v) is 15.0. The number of amides is 2. The van der Waals surface area contributed by atoms with Crippen LogP contribution in [0.3, 0.4) is 0 Å². The second-order valence-electron chi connectivity index (χ2n) is 9.55. The number of likely N-dealkylation sites (tertiary alicyclic amines) is 1. The van der Waals surface area contributed by atoms with Gasteiger partial charge in [-0.3, -0.25) is 19.2 Å². The topological polar surface area (TPSA) is 142 Å². The van der Waals surface area contributed by atoms with Crippen LogP contribution in [-0.2, 0) is 14.8 Å². The molecule has 40 heavy (non-hydrogen) atoms. The highest BCUT2D eigenvalue weighted by molar-refractivity contribution is 7.92. The third kappa shape index (κ3) is 7.66. The van der Waals surface area contributed by atoms with E-state index >= 15 is 0 Å². The number of nitrogens with one attached hydrogen (secondary N) is 2. The average Bonchev–Trinajstić information content (AvgIpc) is 2.86. The van der Waals surface area contributed by atoms with Crippen LogP contribution in [0.1, 0.15) is 27.5 Å². The number of sulfonamides is 1. The van der Waals surface area contributed by atoms with E-state index in [1.165, 1.54) is 18.2 Å². The lowest BCUT2D eigenvalue weighted by atomic mass is 9.91. The van der Waals surface area contributed by atoms with Crippen LogP contribution in [0.5, 0.6) is 0 Å². The number of hydrogen-bond acceptors (Lipinski definition) is 6. The molecule has 0 aliphatic carbocycles. The van der Waals surface area contributed by atoms with E-state index in [0.717, 1.165) is 11.1 Å². The molecule has 212 valence electrons. The van der Waals surface area contributed by atoms with Gasteiger partial charge >= 0.3 is 0 Å². The number of nitrogens with zero attached hydrogens (tertiary/aromatic N) is 1. The Morgan fingerprint density at radius 3 is 1.98 bits per heavy atom. The Bertz CT molecular complexity index is 1440. The van der Waals surface area contributed by atoms with E-state index in [1.54, 1.807) is 0 Å². The fourth-order valence-corrected chi connectivity index (χ4v) is 6.47. The number of anilines is 1. The van der Waals surface area contributed by atoms with Crippen molar-refractivity contribution < 1.29 is 23.1 Å². The van der Waals surface area contributed by atoms with Crippen LogP contribution in [0.4, 0.5) is 5.69 Å². The fourth-order valence-electron chi connectivity index (χ4n) is 4.59. The van der Waals surface area contributed by atoms with Crippen LogP contribution in [-0.4, -0.2) is 61.7 Å². The summed E-state index contributed by atoms with van der Waals surface area (Å²) in [4.78, 5) is 26.0. The normalized spacial score (nSPS) is 14.9. The van der Waals surface area contributed by atoms with Crippen LogP contribution < -0.4 is 15.8 Å². The molecule has 5 N–H and O–H groups in total. The number of halogens is 3. The fraction of sp³-hybridized carbons (Fsp3) is 0.259. The minimum atomic E-state index is -3.80. The Labute approximate surface area is 247 Å². The van der Waals surface area contributed by atoms with Gasteiger partial charge in [0.2, 0.25) is 15.9 Å². The highest BCUT2D eigenvalue weighted by atomic mass is 35.5. The van der Waals surface area contributed by atoms with Gasteiger partial charge in [-0.2, -0.15) is 0 Å². The predicted octanol–water partition coefficient (Wildman–Crippen LogP) is 3.69. The van der Waals surface area contributed by atoms with E-state index in [-0.39, 0.29) is 34.0 Å². The molecule has 1 heterocycles. The lowest BCUT2D eigenvalue weighted by Gasteiger charge is -2.44. The second kappa shape index (κ2) is 12.8. The molecule has 9 nitrogen and oxygen atoms in total. The van der Waals surface area contributed by atoms with Crippen LogP contribution in [0.25, 0.3) is 0 Å². The molecule has 0 bridgehead atoms. The zero-order valence-corrected chi connectivity index (χ0v) is 24.1. The van der Waals surface area contributed by atoms with E-state index in [2.05, 4.69) is 14.9 Å². The summed E-state index contributed by atoms with van der Waals surface area (Å²) in [6.45, 7) is 0.391. The SMILES string of the molecule is NC(=O)[C@H](CO)NC(=O)c1cc(Cl)cc(NS(=O)(=O)CC2CN(C(c3ccc(Cl)cc3)c3ccc(Cl)cc3)C2)c1. The Balaban J connectivity index is 1.43. The van der Waals surface area contributed by atoms with E-state index in [4.69, 9.17) is 40.5 Å². The van der Waals surface area contributed by atoms with E-state index < -0.39 is 34.5 Å². The van der Waals surface area contributed by atoms with Gasteiger partial charge in [-0.15, -0.1) is 0 Å². The van der Waals surface area contributed by atoms with Crippen molar-refractivity contribution in [2.45, 2.75) is 12.1 Å². The molecule has 1 fully saturated rings. The predicted molar refractivity (Wildman–Crippen MR) is 156 cm³/mol. The first-order valence-electron chi connectivity index (χ1n) is 12.2. The molecule has 13 heteroatoms. The van der Waals surface area contributed by atoms with Crippen molar-refractivity contribution in [2.75, 3.05) is 30.2 Å². The first kappa shape index (κ1) is 30.1. The maximum absolute atomic E-state index is 13.0. The maximum atomic E-state index is 13.0. The summed E-state index contributed by atoms with van der Waals surface area (Å²) in [5.41, 5.74) is 7.28. The Morgan fingerprint density at radius 1 is 0.925 bits per heavy atom. The molecular weight excluding hydrogens is 599 g/mol. The van der Waals surface area contributed by atoms with Crippen molar-refractivity contribution in [3.8, 4) is 0 Å². The highest BCUT2D eigenvalue weighted by Gasteiger charge is 2.36. The lowest BCUT2D eigenvalue weighted by Crippen LogP contribution is -2.51. The summed E-state index contributed by atoms with van der Waals surface area (Å²) in [5, 5.41) is 12.9. The molecule has 0 spiro atoms. The number of nitrogens with two attached hydrogens (primary N) is 1. The van der Waals surface area contributed by atoms with Crippen molar-refractivity contribution in [3.63, 3.8) is 0 Å². The van der Waals surface area contributed by atoms with Gasteiger partial charge in [0, 0.05) is 39.6 Å². The van der Waals surface area contributed by atoms with Crippen molar-refractivity contribution in [2.24, 2.45) is 11.7 Å². The van der Waals surface area contributed by atoms with Crippen molar-refractivity contribution in [3.05, 3.63) is 98.5 Å². The molecule has 1 atom stereocenters. The van der Waals surface area contributed by atoms with Gasteiger partial charge in [0.15, 0.2) is 0 Å². The summed E-state index contributed by atoms with van der Waals surface area (Å²) >= 11 is 18.3. The molecule has 2 amide bonds. The van der Waals surface area contributed by atoms with Gasteiger partial charge in [-0.1, -0.05) is 59.1 Å². The minimum Gasteiger partial charge on any atom is -0.394 e. The van der Waals surface area contributed by atoms with Crippen molar-refractivity contribution in [1.29, 1.82) is 0 Å². The first-order chi connectivity index (χ1) is 18.9. The molecule has 4 rings (SSSR count). The van der Waals surface area contributed by atoms with Gasteiger partial charge < -0.3 is 16.2 Å². The third-order valence-corrected chi connectivity index (χ3v) is 8.62. The molecule has 0 aromatic heterocycles. The Morgan fingerprint density at radius 2 is 1.48 bits per heavy atom. The average molecular weight is 626 g/mol. The molecule has 0 saturated carbocycles. The van der Waals surface area contributed by atoms with Gasteiger partial charge in [-0.05, 0) is 53.6 Å². The molecule has 1 aliphatic rings. The van der Waals surface area contributed by atoms with Crippen molar-refractivity contribution >= 4 is 62.3 Å². The number of rotatable bonds is 11. The number of aliphatic hydroxyl groups excluding tert-OH is 1. The van der Waals surface area contributed by atoms with Gasteiger partial charge in [0.1, 0.15) is 6.04 Å². The number of primary amides is 1. The number of carbonyl (C=O) groups excluding carboxylic acids is 2. The summed E-state index contributed by atoms with van der Waals surface area (Å²) in [5.74, 6) is -1.93. The largest absolute Gasteiger partial charge is 0.394 e. The molecule has 0 radical (unpaired) electrons. The molecular formula is C27H27Cl3N4O5S. The van der Waals surface area contributed by atoms with Gasteiger partial charge in [0.25, 0.3) is 5.91 Å². The number of hydrogen-bond donors (Lipinski definition) is 4. The molecule has 3 aromatic carbocycles. The van der Waals surface area contributed by atoms with E-state index in [1.807, 2.05) is 48.5 Å². The smallest absolute Gasteiger partial charge is 0.252 e.